The Morgan fingerprint density at radius 2 is 2.19 bits per heavy atom. The van der Waals surface area contributed by atoms with Crippen LogP contribution in [-0.4, -0.2) is 39.5 Å². The van der Waals surface area contributed by atoms with Crippen LogP contribution in [-0.2, 0) is 4.79 Å². The summed E-state index contributed by atoms with van der Waals surface area (Å²) in [4.78, 5) is 34.6. The van der Waals surface area contributed by atoms with Gasteiger partial charge in [0.25, 0.3) is 5.69 Å². The molecule has 0 bridgehead atoms. The molecule has 0 spiro atoms. The number of nitro benzene ring substituents is 1. The number of carboxylic acids is 1. The van der Waals surface area contributed by atoms with Crippen LogP contribution in [0.2, 0.25) is 0 Å². The average Bonchev–Trinajstić information content (AvgIpc) is 2.90. The molecule has 1 atom stereocenters. The molecule has 1 aliphatic heterocycles. The van der Waals surface area contributed by atoms with Crippen LogP contribution in [0.1, 0.15) is 12.8 Å². The molecule has 0 radical (unpaired) electrons. The molecule has 8 nitrogen and oxygen atoms in total. The number of urea groups is 1. The van der Waals surface area contributed by atoms with E-state index in [2.05, 4.69) is 21.2 Å². The second-order valence-corrected chi connectivity index (χ2v) is 5.40. The fourth-order valence-electron chi connectivity index (χ4n) is 2.19. The molecule has 2 amide bonds. The Labute approximate surface area is 128 Å². The van der Waals surface area contributed by atoms with Gasteiger partial charge in [0.2, 0.25) is 0 Å². The van der Waals surface area contributed by atoms with Crippen LogP contribution in [0.4, 0.5) is 16.2 Å². The second kappa shape index (κ2) is 6.08. The third-order valence-corrected chi connectivity index (χ3v) is 3.86. The van der Waals surface area contributed by atoms with Crippen molar-refractivity contribution in [3.63, 3.8) is 0 Å². The van der Waals surface area contributed by atoms with Gasteiger partial charge in [-0.15, -0.1) is 0 Å². The number of hydrogen-bond donors (Lipinski definition) is 2. The standard InChI is InChI=1S/C12H12BrN3O5/c13-8-4-3-7(6-10(8)16(20)21)14-12(19)15-5-1-2-9(15)11(17)18/h3-4,6,9H,1-2,5H2,(H,14,19)(H,17,18)/t9-/m0/s1. The molecule has 9 heteroatoms. The maximum atomic E-state index is 12.1. The Balaban J connectivity index is 2.14. The van der Waals surface area contributed by atoms with Gasteiger partial charge in [-0.05, 0) is 40.9 Å². The number of benzene rings is 1. The zero-order chi connectivity index (χ0) is 15.6. The zero-order valence-corrected chi connectivity index (χ0v) is 12.4. The Morgan fingerprint density at radius 3 is 2.81 bits per heavy atom. The number of carboxylic acid groups (broad SMARTS) is 1. The summed E-state index contributed by atoms with van der Waals surface area (Å²) in [5.74, 6) is -1.05. The van der Waals surface area contributed by atoms with Gasteiger partial charge in [0.1, 0.15) is 6.04 Å². The van der Waals surface area contributed by atoms with Gasteiger partial charge in [-0.2, -0.15) is 0 Å². The van der Waals surface area contributed by atoms with Crippen molar-refractivity contribution in [2.24, 2.45) is 0 Å². The minimum Gasteiger partial charge on any atom is -0.480 e. The number of carbonyl (C=O) groups excluding carboxylic acids is 1. The van der Waals surface area contributed by atoms with E-state index in [9.17, 15) is 19.7 Å². The normalized spacial score (nSPS) is 17.6. The van der Waals surface area contributed by atoms with E-state index in [4.69, 9.17) is 5.11 Å². The van der Waals surface area contributed by atoms with E-state index in [1.54, 1.807) is 0 Å². The third kappa shape index (κ3) is 3.30. The molecule has 0 unspecified atom stereocenters. The predicted octanol–water partition coefficient (Wildman–Crippen LogP) is 2.44. The lowest BCUT2D eigenvalue weighted by Gasteiger charge is -2.21. The maximum absolute atomic E-state index is 12.1. The van der Waals surface area contributed by atoms with E-state index in [0.717, 1.165) is 0 Å². The number of aliphatic carboxylic acids is 1. The Kier molecular flexibility index (Phi) is 4.41. The highest BCUT2D eigenvalue weighted by molar-refractivity contribution is 9.10. The van der Waals surface area contributed by atoms with Crippen LogP contribution in [0.25, 0.3) is 0 Å². The number of halogens is 1. The van der Waals surface area contributed by atoms with E-state index < -0.39 is 23.0 Å². The molecule has 1 aromatic carbocycles. The van der Waals surface area contributed by atoms with E-state index in [0.29, 0.717) is 23.9 Å². The third-order valence-electron chi connectivity index (χ3n) is 3.19. The number of nitrogens with zero attached hydrogens (tertiary/aromatic N) is 2. The largest absolute Gasteiger partial charge is 0.480 e. The van der Waals surface area contributed by atoms with Crippen molar-refractivity contribution >= 4 is 39.3 Å². The summed E-state index contributed by atoms with van der Waals surface area (Å²) >= 11 is 3.05. The van der Waals surface area contributed by atoms with Gasteiger partial charge in [-0.3, -0.25) is 10.1 Å². The van der Waals surface area contributed by atoms with E-state index in [1.807, 2.05) is 0 Å². The van der Waals surface area contributed by atoms with Gasteiger partial charge < -0.3 is 15.3 Å². The highest BCUT2D eigenvalue weighted by atomic mass is 79.9. The summed E-state index contributed by atoms with van der Waals surface area (Å²) in [6.07, 6.45) is 1.02. The van der Waals surface area contributed by atoms with Gasteiger partial charge in [0.15, 0.2) is 0 Å². The number of amides is 2. The number of nitro groups is 1. The molecular formula is C12H12BrN3O5. The summed E-state index contributed by atoms with van der Waals surface area (Å²) < 4.78 is 0.301. The molecule has 21 heavy (non-hydrogen) atoms. The lowest BCUT2D eigenvalue weighted by atomic mass is 10.2. The van der Waals surface area contributed by atoms with Crippen molar-refractivity contribution in [1.82, 2.24) is 4.90 Å². The summed E-state index contributed by atoms with van der Waals surface area (Å²) in [7, 11) is 0. The molecule has 0 aromatic heterocycles. The first-order valence-electron chi connectivity index (χ1n) is 6.14. The van der Waals surface area contributed by atoms with Crippen LogP contribution in [0.5, 0.6) is 0 Å². The lowest BCUT2D eigenvalue weighted by molar-refractivity contribution is -0.385. The fraction of sp³-hybridized carbons (Fsp3) is 0.333. The lowest BCUT2D eigenvalue weighted by Crippen LogP contribution is -2.42. The average molecular weight is 358 g/mol. The minimum absolute atomic E-state index is 0.177. The summed E-state index contributed by atoms with van der Waals surface area (Å²) in [6.45, 7) is 0.349. The maximum Gasteiger partial charge on any atom is 0.326 e. The Bertz CT molecular complexity index is 607. The van der Waals surface area contributed by atoms with Crippen molar-refractivity contribution in [1.29, 1.82) is 0 Å². The predicted molar refractivity (Wildman–Crippen MR) is 77.2 cm³/mol. The molecule has 112 valence electrons. The fourth-order valence-corrected chi connectivity index (χ4v) is 2.58. The first-order chi connectivity index (χ1) is 9.90. The quantitative estimate of drug-likeness (QED) is 0.637. The van der Waals surface area contributed by atoms with Crippen LogP contribution in [0, 0.1) is 10.1 Å². The first kappa shape index (κ1) is 15.2. The number of hydrogen-bond acceptors (Lipinski definition) is 4. The van der Waals surface area contributed by atoms with Crippen LogP contribution in [0.3, 0.4) is 0 Å². The van der Waals surface area contributed by atoms with Gasteiger partial charge in [0, 0.05) is 18.3 Å². The van der Waals surface area contributed by atoms with Gasteiger partial charge in [0.05, 0.1) is 9.40 Å². The molecule has 2 rings (SSSR count). The molecule has 1 aromatic rings. The number of carbonyl (C=O) groups is 2. The number of nitrogens with one attached hydrogen (secondary N) is 1. The molecule has 1 saturated heterocycles. The van der Waals surface area contributed by atoms with Crippen molar-refractivity contribution in [2.45, 2.75) is 18.9 Å². The number of anilines is 1. The van der Waals surface area contributed by atoms with Crippen LogP contribution in [0.15, 0.2) is 22.7 Å². The second-order valence-electron chi connectivity index (χ2n) is 4.54. The Hall–Kier alpha value is -2.16. The van der Waals surface area contributed by atoms with Crippen LogP contribution >= 0.6 is 15.9 Å². The minimum atomic E-state index is -1.05. The van der Waals surface area contributed by atoms with E-state index in [-0.39, 0.29) is 11.4 Å². The molecule has 0 aliphatic carbocycles. The smallest absolute Gasteiger partial charge is 0.326 e. The topological polar surface area (TPSA) is 113 Å². The molecule has 1 heterocycles. The van der Waals surface area contributed by atoms with Gasteiger partial charge in [-0.25, -0.2) is 9.59 Å². The van der Waals surface area contributed by atoms with Crippen molar-refractivity contribution in [2.75, 3.05) is 11.9 Å². The van der Waals surface area contributed by atoms with Crippen molar-refractivity contribution < 1.29 is 19.6 Å². The van der Waals surface area contributed by atoms with Gasteiger partial charge >= 0.3 is 12.0 Å². The SMILES string of the molecule is O=C(O)[C@@H]1CCCN1C(=O)Nc1ccc(Br)c([N+](=O)[O-])c1. The summed E-state index contributed by atoms with van der Waals surface area (Å²) in [6, 6.07) is 2.74. The molecular weight excluding hydrogens is 346 g/mol. The monoisotopic (exact) mass is 357 g/mol. The van der Waals surface area contributed by atoms with Crippen molar-refractivity contribution in [3.05, 3.63) is 32.8 Å². The summed E-state index contributed by atoms with van der Waals surface area (Å²) in [5.41, 5.74) is 0.0648. The molecule has 0 saturated carbocycles. The van der Waals surface area contributed by atoms with Gasteiger partial charge in [-0.1, -0.05) is 0 Å². The molecule has 2 N–H and O–H groups in total. The zero-order valence-electron chi connectivity index (χ0n) is 10.8. The highest BCUT2D eigenvalue weighted by Gasteiger charge is 2.34. The summed E-state index contributed by atoms with van der Waals surface area (Å²) in [5, 5.41) is 22.4. The number of likely N-dealkylation sites (tertiary alicyclic amines) is 1. The number of rotatable bonds is 3. The first-order valence-corrected chi connectivity index (χ1v) is 6.94. The molecule has 1 aliphatic rings. The highest BCUT2D eigenvalue weighted by Crippen LogP contribution is 2.28. The molecule has 1 fully saturated rings. The van der Waals surface area contributed by atoms with Crippen molar-refractivity contribution in [3.8, 4) is 0 Å². The van der Waals surface area contributed by atoms with E-state index in [1.165, 1.54) is 23.1 Å². The van der Waals surface area contributed by atoms with E-state index >= 15 is 0 Å². The van der Waals surface area contributed by atoms with Crippen LogP contribution < -0.4 is 5.32 Å². The Morgan fingerprint density at radius 1 is 1.48 bits per heavy atom.